The maximum Gasteiger partial charge on any atom is 2.00 e. The van der Waals surface area contributed by atoms with Gasteiger partial charge in [0, 0.05) is 0 Å². The zero-order valence-electron chi connectivity index (χ0n) is 6.65. The van der Waals surface area contributed by atoms with Crippen LogP contribution in [0.25, 0.3) is 0 Å². The number of aromatic carboxylic acids is 2. The molecule has 5 heteroatoms. The predicted molar refractivity (Wildman–Crippen MR) is 40.9 cm³/mol. The Hall–Kier alpha value is -0.580. The van der Waals surface area contributed by atoms with Gasteiger partial charge in [-0.1, -0.05) is 18.2 Å². The molecule has 0 atom stereocenters. The van der Waals surface area contributed by atoms with Crippen LogP contribution in [0.4, 0.5) is 0 Å². The van der Waals surface area contributed by atoms with E-state index in [2.05, 4.69) is 0 Å². The molecule has 0 radical (unpaired) electrons. The summed E-state index contributed by atoms with van der Waals surface area (Å²) < 4.78 is 0. The van der Waals surface area contributed by atoms with Gasteiger partial charge in [0.2, 0.25) is 0 Å². The van der Waals surface area contributed by atoms with Crippen molar-refractivity contribution in [1.82, 2.24) is 0 Å². The van der Waals surface area contributed by atoms with Gasteiger partial charge in [-0.25, -0.2) is 0 Å². The van der Waals surface area contributed by atoms with Crippen molar-refractivity contribution in [2.75, 3.05) is 0 Å². The molecule has 0 heterocycles. The fraction of sp³-hybridized carbons (Fsp3) is 0. The van der Waals surface area contributed by atoms with Crippen LogP contribution < -0.4 is 10.2 Å². The van der Waals surface area contributed by atoms with E-state index in [0.29, 0.717) is 0 Å². The first-order valence-electron chi connectivity index (χ1n) is 3.14. The summed E-state index contributed by atoms with van der Waals surface area (Å²) in [4.78, 5) is 20.5. The van der Waals surface area contributed by atoms with Crippen LogP contribution in [0.15, 0.2) is 24.3 Å². The Morgan fingerprint density at radius 1 is 1.00 bits per heavy atom. The fourth-order valence-corrected chi connectivity index (χ4v) is 0.773. The van der Waals surface area contributed by atoms with Gasteiger partial charge in [-0.05, 0) is 17.2 Å². The number of carboxylic acids is 2. The molecule has 0 aliphatic heterocycles. The van der Waals surface area contributed by atoms with Crippen LogP contribution in [0, 0.1) is 0 Å². The largest absolute Gasteiger partial charge is 2.00 e. The first-order chi connectivity index (χ1) is 5.61. The SMILES string of the molecule is O=C([O-])c1cccc(C(=O)[O-])c1.[Ca+2]. The predicted octanol–water partition coefficient (Wildman–Crippen LogP) is -1.97. The fourth-order valence-electron chi connectivity index (χ4n) is 0.773. The first kappa shape index (κ1) is 12.4. The Morgan fingerprint density at radius 2 is 1.38 bits per heavy atom. The van der Waals surface area contributed by atoms with Crippen LogP contribution in [-0.4, -0.2) is 49.7 Å². The summed E-state index contributed by atoms with van der Waals surface area (Å²) in [7, 11) is 0. The molecule has 0 bridgehead atoms. The second-order valence-corrected chi connectivity index (χ2v) is 2.16. The Labute approximate surface area is 104 Å². The molecule has 0 fully saturated rings. The molecule has 0 aliphatic rings. The van der Waals surface area contributed by atoms with E-state index in [-0.39, 0.29) is 48.9 Å². The topological polar surface area (TPSA) is 80.3 Å². The van der Waals surface area contributed by atoms with Crippen LogP contribution in [0.3, 0.4) is 0 Å². The molecule has 0 saturated carbocycles. The van der Waals surface area contributed by atoms with E-state index in [1.165, 1.54) is 18.2 Å². The van der Waals surface area contributed by atoms with Crippen molar-refractivity contribution in [3.63, 3.8) is 0 Å². The summed E-state index contributed by atoms with van der Waals surface area (Å²) in [5.74, 6) is -2.81. The smallest absolute Gasteiger partial charge is 0.545 e. The maximum atomic E-state index is 10.3. The molecule has 1 aromatic rings. The Bertz CT molecular complexity index is 305. The average Bonchev–Trinajstić information content (AvgIpc) is 2.04. The van der Waals surface area contributed by atoms with Gasteiger partial charge in [0.05, 0.1) is 11.9 Å². The van der Waals surface area contributed by atoms with Gasteiger partial charge in [-0.2, -0.15) is 0 Å². The van der Waals surface area contributed by atoms with Crippen LogP contribution >= 0.6 is 0 Å². The standard InChI is InChI=1S/C8H6O4.Ca/c9-7(10)5-2-1-3-6(4-5)8(11)12;/h1-4H,(H,9,10)(H,11,12);/q;+2/p-2. The van der Waals surface area contributed by atoms with Crippen LogP contribution in [0.1, 0.15) is 20.7 Å². The number of hydrogen-bond donors (Lipinski definition) is 0. The number of benzene rings is 1. The van der Waals surface area contributed by atoms with Crippen molar-refractivity contribution < 1.29 is 19.8 Å². The van der Waals surface area contributed by atoms with Gasteiger partial charge in [-0.3, -0.25) is 0 Å². The Balaban J connectivity index is 0.00000144. The third kappa shape index (κ3) is 3.34. The van der Waals surface area contributed by atoms with Crippen molar-refractivity contribution in [3.05, 3.63) is 35.4 Å². The second-order valence-electron chi connectivity index (χ2n) is 2.16. The monoisotopic (exact) mass is 204 g/mol. The molecule has 0 aromatic heterocycles. The van der Waals surface area contributed by atoms with E-state index in [1.54, 1.807) is 0 Å². The summed E-state index contributed by atoms with van der Waals surface area (Å²) in [5.41, 5.74) is -0.339. The van der Waals surface area contributed by atoms with E-state index < -0.39 is 11.9 Å². The molecule has 0 saturated heterocycles. The van der Waals surface area contributed by atoms with Gasteiger partial charge in [-0.15, -0.1) is 0 Å². The van der Waals surface area contributed by atoms with Crippen LogP contribution in [0.2, 0.25) is 0 Å². The van der Waals surface area contributed by atoms with Gasteiger partial charge >= 0.3 is 37.7 Å². The molecule has 0 spiro atoms. The molecule has 0 N–H and O–H groups in total. The third-order valence-electron chi connectivity index (χ3n) is 1.33. The first-order valence-corrected chi connectivity index (χ1v) is 3.14. The number of rotatable bonds is 2. The molecule has 0 aliphatic carbocycles. The van der Waals surface area contributed by atoms with Gasteiger partial charge in [0.15, 0.2) is 0 Å². The average molecular weight is 204 g/mol. The molecule has 4 nitrogen and oxygen atoms in total. The number of carboxylic acid groups (broad SMARTS) is 2. The van der Waals surface area contributed by atoms with Gasteiger partial charge < -0.3 is 19.8 Å². The van der Waals surface area contributed by atoms with E-state index in [0.717, 1.165) is 6.07 Å². The Kier molecular flexibility index (Phi) is 4.98. The molecule has 1 aromatic carbocycles. The summed E-state index contributed by atoms with van der Waals surface area (Å²) >= 11 is 0. The normalized spacial score (nSPS) is 8.62. The summed E-state index contributed by atoms with van der Waals surface area (Å²) in [6, 6.07) is 4.81. The van der Waals surface area contributed by atoms with E-state index in [4.69, 9.17) is 0 Å². The second kappa shape index (κ2) is 5.21. The van der Waals surface area contributed by atoms with Gasteiger partial charge in [0.25, 0.3) is 0 Å². The molecule has 0 amide bonds. The van der Waals surface area contributed by atoms with E-state index in [9.17, 15) is 19.8 Å². The van der Waals surface area contributed by atoms with Crippen molar-refractivity contribution in [3.8, 4) is 0 Å². The summed E-state index contributed by atoms with van der Waals surface area (Å²) in [5, 5.41) is 20.5. The van der Waals surface area contributed by atoms with Gasteiger partial charge in [0.1, 0.15) is 0 Å². The molecule has 62 valence electrons. The zero-order chi connectivity index (χ0) is 9.14. The van der Waals surface area contributed by atoms with Crippen LogP contribution in [0.5, 0.6) is 0 Å². The summed E-state index contributed by atoms with van der Waals surface area (Å²) in [6.45, 7) is 0. The Morgan fingerprint density at radius 3 is 1.69 bits per heavy atom. The zero-order valence-corrected chi connectivity index (χ0v) is 8.86. The van der Waals surface area contributed by atoms with Crippen LogP contribution in [-0.2, 0) is 0 Å². The maximum absolute atomic E-state index is 10.3. The van der Waals surface area contributed by atoms with E-state index >= 15 is 0 Å². The quantitative estimate of drug-likeness (QED) is 0.523. The molecular weight excluding hydrogens is 200 g/mol. The molecule has 1 rings (SSSR count). The number of carbonyl (C=O) groups is 2. The van der Waals surface area contributed by atoms with Crippen molar-refractivity contribution in [1.29, 1.82) is 0 Å². The molecular formula is C8H4CaO4. The van der Waals surface area contributed by atoms with Crippen molar-refractivity contribution in [2.45, 2.75) is 0 Å². The summed E-state index contributed by atoms with van der Waals surface area (Å²) in [6.07, 6.45) is 0. The third-order valence-corrected chi connectivity index (χ3v) is 1.33. The number of hydrogen-bond acceptors (Lipinski definition) is 4. The van der Waals surface area contributed by atoms with Crippen molar-refractivity contribution >= 4 is 49.7 Å². The molecule has 13 heavy (non-hydrogen) atoms. The minimum atomic E-state index is -1.40. The van der Waals surface area contributed by atoms with Crippen molar-refractivity contribution in [2.24, 2.45) is 0 Å². The minimum absolute atomic E-state index is 0. The van der Waals surface area contributed by atoms with E-state index in [1.807, 2.05) is 0 Å². The molecule has 0 unspecified atom stereocenters. The number of carbonyl (C=O) groups excluding carboxylic acids is 2. The minimum Gasteiger partial charge on any atom is -0.545 e.